The molecule has 0 atom stereocenters. The number of rotatable bonds is 7. The molecule has 1 aliphatic heterocycles. The smallest absolute Gasteiger partial charge is 0.257 e. The van der Waals surface area contributed by atoms with Gasteiger partial charge in [0.1, 0.15) is 6.26 Å². The Kier molecular flexibility index (Phi) is 6.94. The Labute approximate surface area is 170 Å². The van der Waals surface area contributed by atoms with Gasteiger partial charge in [0.2, 0.25) is 5.91 Å². The summed E-state index contributed by atoms with van der Waals surface area (Å²) in [7, 11) is 0. The molecule has 0 bridgehead atoms. The monoisotopic (exact) mass is 398 g/mol. The van der Waals surface area contributed by atoms with E-state index in [9.17, 15) is 9.59 Å². The Hall–Kier alpha value is -3.22. The normalized spacial score (nSPS) is 14.3. The van der Waals surface area contributed by atoms with Crippen molar-refractivity contribution < 1.29 is 23.5 Å². The fourth-order valence-electron chi connectivity index (χ4n) is 3.14. The van der Waals surface area contributed by atoms with Gasteiger partial charge < -0.3 is 23.7 Å². The molecule has 1 aromatic heterocycles. The largest absolute Gasteiger partial charge is 0.490 e. The molecule has 154 valence electrons. The first kappa shape index (κ1) is 20.5. The maximum Gasteiger partial charge on any atom is 0.257 e. The number of amides is 2. The first-order valence-electron chi connectivity index (χ1n) is 9.80. The third-order valence-corrected chi connectivity index (χ3v) is 4.63. The number of carbonyl (C=O) groups is 2. The van der Waals surface area contributed by atoms with Crippen molar-refractivity contribution in [3.63, 3.8) is 0 Å². The summed E-state index contributed by atoms with van der Waals surface area (Å²) < 4.78 is 16.1. The van der Waals surface area contributed by atoms with Crippen molar-refractivity contribution in [1.29, 1.82) is 0 Å². The second-order valence-electron chi connectivity index (χ2n) is 6.54. The summed E-state index contributed by atoms with van der Waals surface area (Å²) in [4.78, 5) is 28.3. The van der Waals surface area contributed by atoms with Gasteiger partial charge in [-0.3, -0.25) is 9.59 Å². The van der Waals surface area contributed by atoms with Crippen LogP contribution >= 0.6 is 0 Å². The molecule has 0 radical (unpaired) electrons. The SMILES string of the molecule is CCOc1ccc(/C=C/C(=O)N2CCN(C(=O)c3ccoc3)CC2)cc1OCC. The number of hydrogen-bond donors (Lipinski definition) is 0. The first-order chi connectivity index (χ1) is 14.1. The van der Waals surface area contributed by atoms with E-state index in [-0.39, 0.29) is 11.8 Å². The highest BCUT2D eigenvalue weighted by atomic mass is 16.5. The van der Waals surface area contributed by atoms with E-state index in [4.69, 9.17) is 13.9 Å². The minimum absolute atomic E-state index is 0.0702. The third-order valence-electron chi connectivity index (χ3n) is 4.63. The molecule has 1 aromatic carbocycles. The zero-order chi connectivity index (χ0) is 20.6. The summed E-state index contributed by atoms with van der Waals surface area (Å²) in [5.74, 6) is 1.21. The zero-order valence-electron chi connectivity index (χ0n) is 16.8. The van der Waals surface area contributed by atoms with E-state index in [1.807, 2.05) is 32.0 Å². The molecule has 0 aliphatic carbocycles. The van der Waals surface area contributed by atoms with Crippen LogP contribution in [0.1, 0.15) is 29.8 Å². The van der Waals surface area contributed by atoms with Gasteiger partial charge in [0.25, 0.3) is 5.91 Å². The fourth-order valence-corrected chi connectivity index (χ4v) is 3.14. The van der Waals surface area contributed by atoms with Crippen molar-refractivity contribution in [3.05, 3.63) is 54.0 Å². The van der Waals surface area contributed by atoms with Gasteiger partial charge in [0.05, 0.1) is 25.0 Å². The van der Waals surface area contributed by atoms with Crippen LogP contribution < -0.4 is 9.47 Å². The van der Waals surface area contributed by atoms with Crippen LogP contribution in [-0.2, 0) is 4.79 Å². The Morgan fingerprint density at radius 2 is 1.69 bits per heavy atom. The summed E-state index contributed by atoms with van der Waals surface area (Å²) >= 11 is 0. The number of benzene rings is 1. The number of hydrogen-bond acceptors (Lipinski definition) is 5. The van der Waals surface area contributed by atoms with E-state index in [2.05, 4.69) is 0 Å². The number of piperazine rings is 1. The summed E-state index contributed by atoms with van der Waals surface area (Å²) in [6.45, 7) is 6.93. The van der Waals surface area contributed by atoms with E-state index < -0.39 is 0 Å². The lowest BCUT2D eigenvalue weighted by atomic mass is 10.1. The van der Waals surface area contributed by atoms with Crippen molar-refractivity contribution >= 4 is 17.9 Å². The molecule has 7 heteroatoms. The summed E-state index contributed by atoms with van der Waals surface area (Å²) in [5, 5.41) is 0. The average molecular weight is 398 g/mol. The molecular formula is C22H26N2O5. The van der Waals surface area contributed by atoms with Crippen molar-refractivity contribution in [1.82, 2.24) is 9.80 Å². The Bertz CT molecular complexity index is 852. The molecule has 2 heterocycles. The maximum atomic E-state index is 12.5. The molecule has 2 aromatic rings. The molecule has 2 amide bonds. The number of nitrogens with zero attached hydrogens (tertiary/aromatic N) is 2. The van der Waals surface area contributed by atoms with E-state index >= 15 is 0 Å². The van der Waals surface area contributed by atoms with Gasteiger partial charge >= 0.3 is 0 Å². The molecular weight excluding hydrogens is 372 g/mol. The van der Waals surface area contributed by atoms with Crippen LogP contribution in [0.15, 0.2) is 47.3 Å². The average Bonchev–Trinajstić information content (AvgIpc) is 3.28. The van der Waals surface area contributed by atoms with E-state index in [1.54, 1.807) is 28.0 Å². The van der Waals surface area contributed by atoms with Gasteiger partial charge in [-0.2, -0.15) is 0 Å². The summed E-state index contributed by atoms with van der Waals surface area (Å²) in [5.41, 5.74) is 1.39. The van der Waals surface area contributed by atoms with Gasteiger partial charge in [0.15, 0.2) is 11.5 Å². The van der Waals surface area contributed by atoms with Crippen LogP contribution in [0.3, 0.4) is 0 Å². The van der Waals surface area contributed by atoms with Crippen LogP contribution in [0.25, 0.3) is 6.08 Å². The predicted octanol–water partition coefficient (Wildman–Crippen LogP) is 3.07. The van der Waals surface area contributed by atoms with Crippen LogP contribution in [0.4, 0.5) is 0 Å². The predicted molar refractivity (Wildman–Crippen MR) is 109 cm³/mol. The summed E-state index contributed by atoms with van der Waals surface area (Å²) in [6.07, 6.45) is 6.24. The minimum atomic E-state index is -0.0766. The van der Waals surface area contributed by atoms with Crippen LogP contribution in [0.5, 0.6) is 11.5 Å². The lowest BCUT2D eigenvalue weighted by Crippen LogP contribution is -2.50. The lowest BCUT2D eigenvalue weighted by Gasteiger charge is -2.34. The van der Waals surface area contributed by atoms with E-state index in [0.29, 0.717) is 56.5 Å². The van der Waals surface area contributed by atoms with Crippen molar-refractivity contribution in [2.24, 2.45) is 0 Å². The molecule has 0 unspecified atom stereocenters. The van der Waals surface area contributed by atoms with E-state index in [0.717, 1.165) is 5.56 Å². The molecule has 1 fully saturated rings. The van der Waals surface area contributed by atoms with Crippen LogP contribution in [0, 0.1) is 0 Å². The van der Waals surface area contributed by atoms with Gasteiger partial charge in [-0.05, 0) is 43.7 Å². The topological polar surface area (TPSA) is 72.2 Å². The Balaban J connectivity index is 1.57. The molecule has 0 saturated carbocycles. The quantitative estimate of drug-likeness (QED) is 0.671. The molecule has 3 rings (SSSR count). The standard InChI is InChI=1S/C22H26N2O5/c1-3-28-19-7-5-17(15-20(19)29-4-2)6-8-21(25)23-10-12-24(13-11-23)22(26)18-9-14-27-16-18/h5-9,14-16H,3-4,10-13H2,1-2H3/b8-6+. The third kappa shape index (κ3) is 5.19. The van der Waals surface area contributed by atoms with E-state index in [1.165, 1.54) is 12.5 Å². The molecule has 1 saturated heterocycles. The van der Waals surface area contributed by atoms with Crippen molar-refractivity contribution in [2.75, 3.05) is 39.4 Å². The Morgan fingerprint density at radius 1 is 1.00 bits per heavy atom. The van der Waals surface area contributed by atoms with Gasteiger partial charge in [-0.25, -0.2) is 0 Å². The van der Waals surface area contributed by atoms with Gasteiger partial charge in [0, 0.05) is 32.3 Å². The first-order valence-corrected chi connectivity index (χ1v) is 9.80. The molecule has 29 heavy (non-hydrogen) atoms. The van der Waals surface area contributed by atoms with Gasteiger partial charge in [-0.1, -0.05) is 6.07 Å². The highest BCUT2D eigenvalue weighted by Crippen LogP contribution is 2.29. The van der Waals surface area contributed by atoms with Crippen LogP contribution in [0.2, 0.25) is 0 Å². The second kappa shape index (κ2) is 9.82. The minimum Gasteiger partial charge on any atom is -0.490 e. The summed E-state index contributed by atoms with van der Waals surface area (Å²) in [6, 6.07) is 7.24. The highest BCUT2D eigenvalue weighted by molar-refractivity contribution is 5.94. The number of ether oxygens (including phenoxy) is 2. The molecule has 0 spiro atoms. The van der Waals surface area contributed by atoms with Gasteiger partial charge in [-0.15, -0.1) is 0 Å². The molecule has 0 N–H and O–H groups in total. The number of carbonyl (C=O) groups excluding carboxylic acids is 2. The zero-order valence-corrected chi connectivity index (χ0v) is 16.8. The molecule has 1 aliphatic rings. The van der Waals surface area contributed by atoms with Crippen molar-refractivity contribution in [2.45, 2.75) is 13.8 Å². The maximum absolute atomic E-state index is 12.5. The second-order valence-corrected chi connectivity index (χ2v) is 6.54. The lowest BCUT2D eigenvalue weighted by molar-refractivity contribution is -0.127. The Morgan fingerprint density at radius 3 is 2.34 bits per heavy atom. The molecule has 7 nitrogen and oxygen atoms in total. The fraction of sp³-hybridized carbons (Fsp3) is 0.364. The number of furan rings is 1. The van der Waals surface area contributed by atoms with Crippen molar-refractivity contribution in [3.8, 4) is 11.5 Å². The highest BCUT2D eigenvalue weighted by Gasteiger charge is 2.24. The van der Waals surface area contributed by atoms with Crippen LogP contribution in [-0.4, -0.2) is 61.0 Å².